The first kappa shape index (κ1) is 11.5. The largest absolute Gasteiger partial charge is 0.286 e. The molecule has 1 heterocycles. The van der Waals surface area contributed by atoms with Gasteiger partial charge in [0, 0.05) is 12.8 Å². The third kappa shape index (κ3) is 1.74. The third-order valence-electron chi connectivity index (χ3n) is 2.47. The summed E-state index contributed by atoms with van der Waals surface area (Å²) in [5.41, 5.74) is 1.67. The van der Waals surface area contributed by atoms with Gasteiger partial charge in [0.25, 0.3) is 5.56 Å². The lowest BCUT2D eigenvalue weighted by Gasteiger charge is -2.08. The van der Waals surface area contributed by atoms with Gasteiger partial charge in [0.1, 0.15) is 4.47 Å². The van der Waals surface area contributed by atoms with Crippen LogP contribution in [-0.4, -0.2) is 9.36 Å². The smallest absolute Gasteiger partial charge is 0.283 e. The summed E-state index contributed by atoms with van der Waals surface area (Å²) in [5.74, 6) is 0.520. The molecule has 0 aliphatic rings. The molecule has 0 atom stereocenters. The van der Waals surface area contributed by atoms with E-state index in [1.165, 1.54) is 0 Å². The number of thiol groups is 1. The molecule has 1 aromatic heterocycles. The highest BCUT2D eigenvalue weighted by Crippen LogP contribution is 2.16. The number of para-hydroxylation sites is 1. The van der Waals surface area contributed by atoms with Crippen molar-refractivity contribution in [2.45, 2.75) is 5.75 Å². The van der Waals surface area contributed by atoms with Crippen LogP contribution in [0.2, 0.25) is 0 Å². The fourth-order valence-electron chi connectivity index (χ4n) is 1.65. The summed E-state index contributed by atoms with van der Waals surface area (Å²) in [4.78, 5) is 12.0. The van der Waals surface area contributed by atoms with Gasteiger partial charge < -0.3 is 0 Å². The van der Waals surface area contributed by atoms with Crippen molar-refractivity contribution in [3.63, 3.8) is 0 Å². The minimum atomic E-state index is -0.0576. The molecule has 5 heteroatoms. The molecule has 0 bridgehead atoms. The Hall–Kier alpha value is -0.940. The molecule has 0 aliphatic carbocycles. The van der Waals surface area contributed by atoms with Crippen molar-refractivity contribution < 1.29 is 0 Å². The first-order chi connectivity index (χ1) is 7.66. The predicted octanol–water partition coefficient (Wildman–Crippen LogP) is 2.37. The molecule has 0 amide bonds. The summed E-state index contributed by atoms with van der Waals surface area (Å²) in [6.07, 6.45) is 0. The van der Waals surface area contributed by atoms with Gasteiger partial charge in [-0.05, 0) is 28.1 Å². The van der Waals surface area contributed by atoms with Crippen LogP contribution < -0.4 is 5.56 Å². The summed E-state index contributed by atoms with van der Waals surface area (Å²) in [6, 6.07) is 9.53. The van der Waals surface area contributed by atoms with Crippen LogP contribution in [-0.2, 0) is 12.8 Å². The Kier molecular flexibility index (Phi) is 3.25. The van der Waals surface area contributed by atoms with Crippen molar-refractivity contribution in [2.75, 3.05) is 0 Å². The normalized spacial score (nSPS) is 10.7. The number of aromatic nitrogens is 2. The molecule has 0 spiro atoms. The van der Waals surface area contributed by atoms with Gasteiger partial charge in [-0.15, -0.1) is 0 Å². The number of hydrogen-bond acceptors (Lipinski definition) is 2. The molecule has 0 saturated heterocycles. The van der Waals surface area contributed by atoms with Crippen molar-refractivity contribution in [1.82, 2.24) is 9.36 Å². The lowest BCUT2D eigenvalue weighted by molar-refractivity contribution is 0.628. The van der Waals surface area contributed by atoms with E-state index in [0.717, 1.165) is 11.4 Å². The van der Waals surface area contributed by atoms with Crippen LogP contribution in [0.15, 0.2) is 39.6 Å². The van der Waals surface area contributed by atoms with Crippen LogP contribution in [0.1, 0.15) is 5.69 Å². The topological polar surface area (TPSA) is 26.9 Å². The summed E-state index contributed by atoms with van der Waals surface area (Å²) >= 11 is 7.53. The van der Waals surface area contributed by atoms with Gasteiger partial charge in [-0.2, -0.15) is 12.6 Å². The average molecular weight is 299 g/mol. The zero-order chi connectivity index (χ0) is 11.7. The monoisotopic (exact) mass is 298 g/mol. The predicted molar refractivity (Wildman–Crippen MR) is 71.4 cm³/mol. The number of nitrogens with zero attached hydrogens (tertiary/aromatic N) is 2. The standard InChI is InChI=1S/C11H11BrN2OS/c1-13-9(7-16)10(12)11(15)14(13)8-5-3-2-4-6-8/h2-6,16H,7H2,1H3. The second-order valence-corrected chi connectivity index (χ2v) is 4.50. The molecule has 16 heavy (non-hydrogen) atoms. The lowest BCUT2D eigenvalue weighted by Crippen LogP contribution is -2.19. The fourth-order valence-corrected chi connectivity index (χ4v) is 2.79. The molecule has 0 radical (unpaired) electrons. The van der Waals surface area contributed by atoms with Crippen molar-refractivity contribution in [3.8, 4) is 5.69 Å². The van der Waals surface area contributed by atoms with E-state index < -0.39 is 0 Å². The molecule has 3 nitrogen and oxygen atoms in total. The second kappa shape index (κ2) is 4.51. The van der Waals surface area contributed by atoms with Gasteiger partial charge in [0.05, 0.1) is 11.4 Å². The minimum absolute atomic E-state index is 0.0576. The van der Waals surface area contributed by atoms with E-state index in [4.69, 9.17) is 0 Å². The first-order valence-corrected chi connectivity index (χ1v) is 6.22. The Morgan fingerprint density at radius 3 is 2.44 bits per heavy atom. The van der Waals surface area contributed by atoms with Crippen LogP contribution in [0.5, 0.6) is 0 Å². The summed E-state index contributed by atoms with van der Waals surface area (Å²) < 4.78 is 4.01. The Morgan fingerprint density at radius 2 is 1.94 bits per heavy atom. The Bertz CT molecular complexity index is 559. The van der Waals surface area contributed by atoms with Gasteiger partial charge in [-0.25, -0.2) is 4.68 Å². The Balaban J connectivity index is 2.72. The highest BCUT2D eigenvalue weighted by molar-refractivity contribution is 9.10. The van der Waals surface area contributed by atoms with Gasteiger partial charge in [-0.3, -0.25) is 9.48 Å². The maximum absolute atomic E-state index is 12.0. The van der Waals surface area contributed by atoms with E-state index in [9.17, 15) is 4.79 Å². The minimum Gasteiger partial charge on any atom is -0.283 e. The number of benzene rings is 1. The lowest BCUT2D eigenvalue weighted by atomic mass is 10.3. The van der Waals surface area contributed by atoms with Gasteiger partial charge >= 0.3 is 0 Å². The average Bonchev–Trinajstić information content (AvgIpc) is 2.51. The van der Waals surface area contributed by atoms with Gasteiger partial charge in [-0.1, -0.05) is 18.2 Å². The van der Waals surface area contributed by atoms with Crippen LogP contribution >= 0.6 is 28.6 Å². The van der Waals surface area contributed by atoms with E-state index in [-0.39, 0.29) is 5.56 Å². The highest BCUT2D eigenvalue weighted by Gasteiger charge is 2.15. The van der Waals surface area contributed by atoms with E-state index in [1.807, 2.05) is 42.1 Å². The maximum atomic E-state index is 12.0. The SMILES string of the molecule is Cn1c(CS)c(Br)c(=O)n1-c1ccccc1. The number of rotatable bonds is 2. The second-order valence-electron chi connectivity index (χ2n) is 3.39. The van der Waals surface area contributed by atoms with Crippen LogP contribution in [0.4, 0.5) is 0 Å². The quantitative estimate of drug-likeness (QED) is 0.847. The van der Waals surface area contributed by atoms with E-state index in [0.29, 0.717) is 10.2 Å². The molecule has 0 unspecified atom stereocenters. The number of halogens is 1. The van der Waals surface area contributed by atoms with Crippen LogP contribution in [0.25, 0.3) is 5.69 Å². The van der Waals surface area contributed by atoms with Gasteiger partial charge in [0.15, 0.2) is 0 Å². The highest BCUT2D eigenvalue weighted by atomic mass is 79.9. The molecule has 84 valence electrons. The summed E-state index contributed by atoms with van der Waals surface area (Å²) in [5, 5.41) is 0. The maximum Gasteiger partial charge on any atom is 0.286 e. The van der Waals surface area contributed by atoms with Crippen LogP contribution in [0.3, 0.4) is 0 Å². The van der Waals surface area contributed by atoms with Crippen molar-refractivity contribution in [2.24, 2.45) is 7.05 Å². The Labute approximate surface area is 107 Å². The van der Waals surface area contributed by atoms with Gasteiger partial charge in [0.2, 0.25) is 0 Å². The van der Waals surface area contributed by atoms with E-state index in [2.05, 4.69) is 28.6 Å². The number of hydrogen-bond donors (Lipinski definition) is 1. The molecule has 2 rings (SSSR count). The third-order valence-corrected chi connectivity index (χ3v) is 3.57. The zero-order valence-electron chi connectivity index (χ0n) is 8.72. The molecule has 0 saturated carbocycles. The summed E-state index contributed by atoms with van der Waals surface area (Å²) in [6.45, 7) is 0. The van der Waals surface area contributed by atoms with Crippen LogP contribution in [0, 0.1) is 0 Å². The Morgan fingerprint density at radius 1 is 1.31 bits per heavy atom. The van der Waals surface area contributed by atoms with E-state index in [1.54, 1.807) is 4.68 Å². The molecule has 0 N–H and O–H groups in total. The fraction of sp³-hybridized carbons (Fsp3) is 0.182. The molecule has 1 aromatic carbocycles. The molecular weight excluding hydrogens is 288 g/mol. The summed E-state index contributed by atoms with van der Waals surface area (Å²) in [7, 11) is 1.85. The molecule has 0 aliphatic heterocycles. The van der Waals surface area contributed by atoms with E-state index >= 15 is 0 Å². The zero-order valence-corrected chi connectivity index (χ0v) is 11.2. The molecular formula is C11H11BrN2OS. The van der Waals surface area contributed by atoms with Crippen molar-refractivity contribution in [3.05, 3.63) is 50.9 Å². The van der Waals surface area contributed by atoms with Crippen molar-refractivity contribution in [1.29, 1.82) is 0 Å². The molecule has 2 aromatic rings. The molecule has 0 fully saturated rings. The van der Waals surface area contributed by atoms with Crippen molar-refractivity contribution >= 4 is 28.6 Å². The first-order valence-electron chi connectivity index (χ1n) is 4.79.